The average molecular weight is 242 g/mol. The topological polar surface area (TPSA) is 63.6 Å². The van der Waals surface area contributed by atoms with Gasteiger partial charge in [-0.05, 0) is 30.5 Å². The summed E-state index contributed by atoms with van der Waals surface area (Å²) in [6.45, 7) is 1.67. The van der Waals surface area contributed by atoms with Crippen LogP contribution >= 0.6 is 0 Å². The first kappa shape index (κ1) is 11.6. The fourth-order valence-electron chi connectivity index (χ4n) is 1.65. The monoisotopic (exact) mass is 242 g/mol. The Hall–Kier alpha value is -0.910. The van der Waals surface area contributed by atoms with Gasteiger partial charge in [0.1, 0.15) is 0 Å². The summed E-state index contributed by atoms with van der Waals surface area (Å²) >= 11 is 0. The average Bonchev–Trinajstić information content (AvgIpc) is 2.15. The van der Waals surface area contributed by atoms with E-state index in [2.05, 4.69) is 0 Å². The van der Waals surface area contributed by atoms with Crippen LogP contribution in [0.4, 0.5) is 0 Å². The SMILES string of the molecule is O=S(=O)(O)c1ccc(CCC2COC2)cc1. The van der Waals surface area contributed by atoms with E-state index in [0.717, 1.165) is 31.6 Å². The van der Waals surface area contributed by atoms with Crippen molar-refractivity contribution in [2.45, 2.75) is 17.7 Å². The first-order chi connectivity index (χ1) is 7.55. The van der Waals surface area contributed by atoms with E-state index in [9.17, 15) is 8.42 Å². The van der Waals surface area contributed by atoms with Crippen molar-refractivity contribution in [1.29, 1.82) is 0 Å². The van der Waals surface area contributed by atoms with Gasteiger partial charge in [0.25, 0.3) is 10.1 Å². The molecule has 0 unspecified atom stereocenters. The smallest absolute Gasteiger partial charge is 0.294 e. The minimum Gasteiger partial charge on any atom is -0.381 e. The van der Waals surface area contributed by atoms with Crippen LogP contribution in [0.5, 0.6) is 0 Å². The molecule has 0 saturated carbocycles. The van der Waals surface area contributed by atoms with Crippen molar-refractivity contribution in [3.05, 3.63) is 29.8 Å². The number of hydrogen-bond donors (Lipinski definition) is 1. The maximum Gasteiger partial charge on any atom is 0.294 e. The third kappa shape index (κ3) is 2.81. The predicted molar refractivity (Wildman–Crippen MR) is 58.9 cm³/mol. The van der Waals surface area contributed by atoms with Crippen LogP contribution < -0.4 is 0 Å². The Labute approximate surface area is 95.0 Å². The minimum atomic E-state index is -4.06. The van der Waals surface area contributed by atoms with Gasteiger partial charge in [-0.2, -0.15) is 8.42 Å². The molecule has 88 valence electrons. The molecule has 0 aliphatic carbocycles. The lowest BCUT2D eigenvalue weighted by Gasteiger charge is -2.25. The second-order valence-corrected chi connectivity index (χ2v) is 5.48. The van der Waals surface area contributed by atoms with Crippen molar-refractivity contribution in [3.63, 3.8) is 0 Å². The molecule has 0 atom stereocenters. The number of benzene rings is 1. The molecule has 0 bridgehead atoms. The summed E-state index contributed by atoms with van der Waals surface area (Å²) in [5.41, 5.74) is 1.08. The molecule has 1 aromatic carbocycles. The van der Waals surface area contributed by atoms with E-state index in [1.54, 1.807) is 12.1 Å². The van der Waals surface area contributed by atoms with Crippen molar-refractivity contribution in [1.82, 2.24) is 0 Å². The molecule has 1 fully saturated rings. The lowest BCUT2D eigenvalue weighted by molar-refractivity contribution is -0.0352. The molecule has 1 aliphatic heterocycles. The van der Waals surface area contributed by atoms with Gasteiger partial charge in [0.05, 0.1) is 18.1 Å². The highest BCUT2D eigenvalue weighted by molar-refractivity contribution is 7.85. The molecule has 2 rings (SSSR count). The molecule has 0 spiro atoms. The van der Waals surface area contributed by atoms with Gasteiger partial charge >= 0.3 is 0 Å². The van der Waals surface area contributed by atoms with Crippen molar-refractivity contribution >= 4 is 10.1 Å². The Bertz CT molecular complexity index is 445. The van der Waals surface area contributed by atoms with Crippen LogP contribution in [-0.4, -0.2) is 26.2 Å². The van der Waals surface area contributed by atoms with Crippen molar-refractivity contribution in [2.24, 2.45) is 5.92 Å². The van der Waals surface area contributed by atoms with E-state index in [4.69, 9.17) is 9.29 Å². The van der Waals surface area contributed by atoms with E-state index >= 15 is 0 Å². The Kier molecular flexibility index (Phi) is 3.28. The van der Waals surface area contributed by atoms with Gasteiger partial charge in [-0.25, -0.2) is 0 Å². The van der Waals surface area contributed by atoms with Crippen LogP contribution in [0.25, 0.3) is 0 Å². The van der Waals surface area contributed by atoms with Crippen LogP contribution in [-0.2, 0) is 21.3 Å². The quantitative estimate of drug-likeness (QED) is 0.813. The highest BCUT2D eigenvalue weighted by Crippen LogP contribution is 2.18. The largest absolute Gasteiger partial charge is 0.381 e. The second-order valence-electron chi connectivity index (χ2n) is 4.06. The Morgan fingerprint density at radius 3 is 2.31 bits per heavy atom. The third-order valence-electron chi connectivity index (χ3n) is 2.77. The highest BCUT2D eigenvalue weighted by Gasteiger charge is 2.17. The Balaban J connectivity index is 1.96. The van der Waals surface area contributed by atoms with Crippen molar-refractivity contribution in [3.8, 4) is 0 Å². The van der Waals surface area contributed by atoms with Gasteiger partial charge in [-0.1, -0.05) is 12.1 Å². The fraction of sp³-hybridized carbons (Fsp3) is 0.455. The van der Waals surface area contributed by atoms with Gasteiger partial charge in [0.2, 0.25) is 0 Å². The summed E-state index contributed by atoms with van der Waals surface area (Å²) in [5, 5.41) is 0. The first-order valence-electron chi connectivity index (χ1n) is 5.20. The first-order valence-corrected chi connectivity index (χ1v) is 6.64. The van der Waals surface area contributed by atoms with Gasteiger partial charge in [0.15, 0.2) is 0 Å². The molecule has 0 aromatic heterocycles. The summed E-state index contributed by atoms with van der Waals surface area (Å²) in [4.78, 5) is -0.0526. The lowest BCUT2D eigenvalue weighted by atomic mass is 9.98. The van der Waals surface area contributed by atoms with Crippen molar-refractivity contribution < 1.29 is 17.7 Å². The van der Waals surface area contributed by atoms with Gasteiger partial charge in [-0.3, -0.25) is 4.55 Å². The maximum atomic E-state index is 10.8. The van der Waals surface area contributed by atoms with E-state index < -0.39 is 10.1 Å². The molecule has 1 saturated heterocycles. The van der Waals surface area contributed by atoms with Crippen LogP contribution in [0.15, 0.2) is 29.2 Å². The van der Waals surface area contributed by atoms with E-state index in [1.807, 2.05) is 0 Å². The van der Waals surface area contributed by atoms with Crippen LogP contribution in [0.3, 0.4) is 0 Å². The molecule has 1 aliphatic rings. The summed E-state index contributed by atoms with van der Waals surface area (Å²) < 4.78 is 35.5. The number of hydrogen-bond acceptors (Lipinski definition) is 3. The summed E-state index contributed by atoms with van der Waals surface area (Å²) in [6.07, 6.45) is 1.98. The molecular weight excluding hydrogens is 228 g/mol. The molecule has 0 radical (unpaired) electrons. The molecule has 1 N–H and O–H groups in total. The summed E-state index contributed by atoms with van der Waals surface area (Å²) in [6, 6.07) is 6.34. The number of aryl methyl sites for hydroxylation is 1. The standard InChI is InChI=1S/C11H14O4S/c12-16(13,14)11-5-3-9(4-6-11)1-2-10-7-15-8-10/h3-6,10H,1-2,7-8H2,(H,12,13,14). The molecule has 5 heteroatoms. The minimum absolute atomic E-state index is 0.0526. The second kappa shape index (κ2) is 4.53. The Morgan fingerprint density at radius 2 is 1.88 bits per heavy atom. The summed E-state index contributed by atoms with van der Waals surface area (Å²) in [7, 11) is -4.06. The number of ether oxygens (including phenoxy) is 1. The van der Waals surface area contributed by atoms with E-state index in [0.29, 0.717) is 5.92 Å². The fourth-order valence-corrected chi connectivity index (χ4v) is 2.13. The number of rotatable bonds is 4. The molecule has 1 aromatic rings. The van der Waals surface area contributed by atoms with Gasteiger partial charge in [-0.15, -0.1) is 0 Å². The van der Waals surface area contributed by atoms with E-state index in [-0.39, 0.29) is 4.90 Å². The molecular formula is C11H14O4S. The summed E-state index contributed by atoms with van der Waals surface area (Å²) in [5.74, 6) is 0.640. The van der Waals surface area contributed by atoms with Crippen molar-refractivity contribution in [2.75, 3.05) is 13.2 Å². The predicted octanol–water partition coefficient (Wildman–Crippen LogP) is 1.51. The zero-order chi connectivity index (χ0) is 11.6. The zero-order valence-corrected chi connectivity index (χ0v) is 9.61. The van der Waals surface area contributed by atoms with Crippen LogP contribution in [0.2, 0.25) is 0 Å². The van der Waals surface area contributed by atoms with Crippen LogP contribution in [0.1, 0.15) is 12.0 Å². The molecule has 1 heterocycles. The third-order valence-corrected chi connectivity index (χ3v) is 3.64. The van der Waals surface area contributed by atoms with Gasteiger partial charge in [0, 0.05) is 5.92 Å². The zero-order valence-electron chi connectivity index (χ0n) is 8.80. The lowest BCUT2D eigenvalue weighted by Crippen LogP contribution is -2.27. The van der Waals surface area contributed by atoms with E-state index in [1.165, 1.54) is 12.1 Å². The maximum absolute atomic E-state index is 10.8. The Morgan fingerprint density at radius 1 is 1.25 bits per heavy atom. The van der Waals surface area contributed by atoms with Gasteiger partial charge < -0.3 is 4.74 Å². The van der Waals surface area contributed by atoms with Crippen LogP contribution in [0, 0.1) is 5.92 Å². The highest BCUT2D eigenvalue weighted by atomic mass is 32.2. The molecule has 0 amide bonds. The molecule has 4 nitrogen and oxygen atoms in total. The normalized spacial score (nSPS) is 17.1. The molecule has 16 heavy (non-hydrogen) atoms.